The largest absolute Gasteiger partial charge is 0.312 e. The Morgan fingerprint density at radius 1 is 1.64 bits per heavy atom. The lowest BCUT2D eigenvalue weighted by Gasteiger charge is -2.00. The maximum absolute atomic E-state index is 3.55. The Morgan fingerprint density at radius 3 is 2.86 bits per heavy atom. The van der Waals surface area contributed by atoms with E-state index in [9.17, 15) is 0 Å². The van der Waals surface area contributed by atoms with Gasteiger partial charge in [0.2, 0.25) is 0 Å². The monoisotopic (exact) mass is 273 g/mol. The van der Waals surface area contributed by atoms with Crippen molar-refractivity contribution in [2.24, 2.45) is 11.8 Å². The lowest BCUT2D eigenvalue weighted by molar-refractivity contribution is 0.616. The van der Waals surface area contributed by atoms with E-state index >= 15 is 0 Å². The molecule has 2 unspecified atom stereocenters. The SMILES string of the molecule is Cc1cc(CNCC2CC2C)sc1Br. The Bertz CT molecular complexity index is 302. The van der Waals surface area contributed by atoms with Gasteiger partial charge in [0.1, 0.15) is 0 Å². The third kappa shape index (κ3) is 2.59. The first-order valence-corrected chi connectivity index (χ1v) is 6.73. The van der Waals surface area contributed by atoms with Gasteiger partial charge in [-0.15, -0.1) is 11.3 Å². The van der Waals surface area contributed by atoms with E-state index in [0.29, 0.717) is 0 Å². The highest BCUT2D eigenvalue weighted by atomic mass is 79.9. The third-order valence-corrected chi connectivity index (χ3v) is 5.03. The van der Waals surface area contributed by atoms with E-state index in [1.165, 1.54) is 27.2 Å². The molecule has 0 aliphatic heterocycles. The van der Waals surface area contributed by atoms with Gasteiger partial charge >= 0.3 is 0 Å². The van der Waals surface area contributed by atoms with Crippen molar-refractivity contribution in [2.75, 3.05) is 6.54 Å². The number of aryl methyl sites for hydroxylation is 1. The van der Waals surface area contributed by atoms with Gasteiger partial charge in [0.25, 0.3) is 0 Å². The molecule has 2 atom stereocenters. The summed E-state index contributed by atoms with van der Waals surface area (Å²) in [5.41, 5.74) is 1.35. The molecule has 1 heterocycles. The van der Waals surface area contributed by atoms with Gasteiger partial charge in [-0.05, 0) is 59.3 Å². The van der Waals surface area contributed by atoms with Crippen LogP contribution in [0.5, 0.6) is 0 Å². The summed E-state index contributed by atoms with van der Waals surface area (Å²) in [5, 5.41) is 3.52. The van der Waals surface area contributed by atoms with Gasteiger partial charge in [0.15, 0.2) is 0 Å². The lowest BCUT2D eigenvalue weighted by Crippen LogP contribution is -2.15. The molecule has 1 nitrogen and oxygen atoms in total. The molecule has 1 saturated carbocycles. The summed E-state index contributed by atoms with van der Waals surface area (Å²) in [6, 6.07) is 2.26. The molecule has 0 radical (unpaired) electrons. The third-order valence-electron chi connectivity index (χ3n) is 2.89. The van der Waals surface area contributed by atoms with Crippen molar-refractivity contribution in [3.05, 3.63) is 20.3 Å². The quantitative estimate of drug-likeness (QED) is 0.885. The molecule has 2 rings (SSSR count). The molecule has 0 amide bonds. The van der Waals surface area contributed by atoms with Crippen LogP contribution in [0, 0.1) is 18.8 Å². The molecule has 0 spiro atoms. The number of hydrogen-bond acceptors (Lipinski definition) is 2. The number of thiophene rings is 1. The molecular formula is C11H16BrNS. The minimum absolute atomic E-state index is 0.944. The van der Waals surface area contributed by atoms with Crippen molar-refractivity contribution in [3.63, 3.8) is 0 Å². The second-order valence-corrected chi connectivity index (χ2v) is 6.73. The summed E-state index contributed by atoms with van der Waals surface area (Å²) in [6.45, 7) is 6.70. The molecule has 1 aromatic rings. The zero-order valence-corrected chi connectivity index (χ0v) is 11.0. The Morgan fingerprint density at radius 2 is 2.36 bits per heavy atom. The summed E-state index contributed by atoms with van der Waals surface area (Å²) in [5.74, 6) is 1.90. The highest BCUT2D eigenvalue weighted by Gasteiger charge is 2.31. The van der Waals surface area contributed by atoms with Gasteiger partial charge in [0.05, 0.1) is 3.79 Å². The Hall–Kier alpha value is 0.140. The van der Waals surface area contributed by atoms with Crippen LogP contribution in [0.1, 0.15) is 23.8 Å². The fourth-order valence-electron chi connectivity index (χ4n) is 1.67. The first-order valence-electron chi connectivity index (χ1n) is 5.12. The van der Waals surface area contributed by atoms with Crippen LogP contribution in [-0.2, 0) is 6.54 Å². The predicted octanol–water partition coefficient (Wildman–Crippen LogP) is 3.56. The Labute approximate surface area is 98.0 Å². The minimum Gasteiger partial charge on any atom is -0.312 e. The summed E-state index contributed by atoms with van der Waals surface area (Å²) in [4.78, 5) is 1.43. The van der Waals surface area contributed by atoms with Crippen molar-refractivity contribution in [3.8, 4) is 0 Å². The van der Waals surface area contributed by atoms with Crippen molar-refractivity contribution < 1.29 is 0 Å². The second kappa shape index (κ2) is 4.33. The van der Waals surface area contributed by atoms with E-state index in [4.69, 9.17) is 0 Å². The molecule has 1 fully saturated rings. The highest BCUT2D eigenvalue weighted by Crippen LogP contribution is 2.36. The van der Waals surface area contributed by atoms with Crippen LogP contribution >= 0.6 is 27.3 Å². The molecule has 1 aromatic heterocycles. The van der Waals surface area contributed by atoms with Crippen LogP contribution in [0.2, 0.25) is 0 Å². The van der Waals surface area contributed by atoms with Crippen molar-refractivity contribution in [1.29, 1.82) is 0 Å². The lowest BCUT2D eigenvalue weighted by atomic mass is 10.3. The molecule has 78 valence electrons. The van der Waals surface area contributed by atoms with E-state index in [1.54, 1.807) is 0 Å². The van der Waals surface area contributed by atoms with Crippen LogP contribution < -0.4 is 5.32 Å². The number of halogens is 1. The number of nitrogens with one attached hydrogen (secondary N) is 1. The van der Waals surface area contributed by atoms with E-state index in [1.807, 2.05) is 11.3 Å². The zero-order chi connectivity index (χ0) is 10.1. The molecule has 1 N–H and O–H groups in total. The smallest absolute Gasteiger partial charge is 0.0730 e. The van der Waals surface area contributed by atoms with Crippen molar-refractivity contribution in [1.82, 2.24) is 5.32 Å². The first kappa shape index (κ1) is 10.7. The maximum atomic E-state index is 3.55. The number of hydrogen-bond donors (Lipinski definition) is 1. The van der Waals surface area contributed by atoms with E-state index in [0.717, 1.165) is 18.4 Å². The molecule has 3 heteroatoms. The molecule has 0 aromatic carbocycles. The second-order valence-electron chi connectivity index (χ2n) is 4.27. The van der Waals surface area contributed by atoms with Crippen LogP contribution in [-0.4, -0.2) is 6.54 Å². The van der Waals surface area contributed by atoms with Gasteiger partial charge < -0.3 is 5.32 Å². The summed E-state index contributed by atoms with van der Waals surface area (Å²) < 4.78 is 1.27. The van der Waals surface area contributed by atoms with Gasteiger partial charge in [0, 0.05) is 11.4 Å². The van der Waals surface area contributed by atoms with Gasteiger partial charge in [-0.3, -0.25) is 0 Å². The van der Waals surface area contributed by atoms with Gasteiger partial charge in [-0.25, -0.2) is 0 Å². The fraction of sp³-hybridized carbons (Fsp3) is 0.636. The molecule has 0 saturated heterocycles. The van der Waals surface area contributed by atoms with Crippen LogP contribution in [0.25, 0.3) is 0 Å². The predicted molar refractivity (Wildman–Crippen MR) is 65.7 cm³/mol. The molecule has 1 aliphatic carbocycles. The van der Waals surface area contributed by atoms with E-state index < -0.39 is 0 Å². The molecular weight excluding hydrogens is 258 g/mol. The highest BCUT2D eigenvalue weighted by molar-refractivity contribution is 9.11. The van der Waals surface area contributed by atoms with E-state index in [-0.39, 0.29) is 0 Å². The zero-order valence-electron chi connectivity index (χ0n) is 8.64. The number of rotatable bonds is 4. The summed E-state index contributed by atoms with van der Waals surface area (Å²) in [6.07, 6.45) is 1.42. The van der Waals surface area contributed by atoms with Crippen LogP contribution in [0.15, 0.2) is 9.85 Å². The average molecular weight is 274 g/mol. The summed E-state index contributed by atoms with van der Waals surface area (Å²) in [7, 11) is 0. The standard InChI is InChI=1S/C11H16BrNS/c1-7-3-9(7)5-13-6-10-4-8(2)11(12)14-10/h4,7,9,13H,3,5-6H2,1-2H3. The van der Waals surface area contributed by atoms with Crippen LogP contribution in [0.4, 0.5) is 0 Å². The van der Waals surface area contributed by atoms with Gasteiger partial charge in [-0.2, -0.15) is 0 Å². The van der Waals surface area contributed by atoms with Crippen molar-refractivity contribution in [2.45, 2.75) is 26.8 Å². The normalized spacial score (nSPS) is 25.4. The minimum atomic E-state index is 0.944. The first-order chi connectivity index (χ1) is 6.66. The fourth-order valence-corrected chi connectivity index (χ4v) is 3.27. The Kier molecular flexibility index (Phi) is 3.30. The molecule has 1 aliphatic rings. The molecule has 0 bridgehead atoms. The van der Waals surface area contributed by atoms with Gasteiger partial charge in [-0.1, -0.05) is 6.92 Å². The Balaban J connectivity index is 1.74. The van der Waals surface area contributed by atoms with Crippen molar-refractivity contribution >= 4 is 27.3 Å². The summed E-state index contributed by atoms with van der Waals surface area (Å²) >= 11 is 5.39. The maximum Gasteiger partial charge on any atom is 0.0730 e. The topological polar surface area (TPSA) is 12.0 Å². The van der Waals surface area contributed by atoms with Crippen LogP contribution in [0.3, 0.4) is 0 Å². The van der Waals surface area contributed by atoms with E-state index in [2.05, 4.69) is 41.2 Å². The molecule has 14 heavy (non-hydrogen) atoms. The average Bonchev–Trinajstić information content (AvgIpc) is 2.71.